The Morgan fingerprint density at radius 2 is 2.29 bits per heavy atom. The van der Waals surface area contributed by atoms with E-state index in [1.54, 1.807) is 22.8 Å². The molecule has 1 amide bonds. The summed E-state index contributed by atoms with van der Waals surface area (Å²) in [5.74, 6) is -1.40. The average molecular weight is 237 g/mol. The Balaban J connectivity index is 2.07. The van der Waals surface area contributed by atoms with E-state index in [2.05, 4.69) is 5.10 Å². The summed E-state index contributed by atoms with van der Waals surface area (Å²) in [7, 11) is 1.74. The molecule has 1 aliphatic rings. The third-order valence-corrected chi connectivity index (χ3v) is 3.01. The van der Waals surface area contributed by atoms with Gasteiger partial charge in [0.15, 0.2) is 0 Å². The van der Waals surface area contributed by atoms with Gasteiger partial charge < -0.3 is 10.0 Å². The first-order valence-electron chi connectivity index (χ1n) is 5.58. The molecule has 1 atom stereocenters. The minimum atomic E-state index is -0.825. The number of aryl methyl sites for hydroxylation is 1. The molecule has 0 aromatic carbocycles. The molecule has 0 saturated carbocycles. The van der Waals surface area contributed by atoms with Crippen molar-refractivity contribution in [2.45, 2.75) is 12.8 Å². The highest BCUT2D eigenvalue weighted by molar-refractivity contribution is 5.94. The summed E-state index contributed by atoms with van der Waals surface area (Å²) in [6.07, 6.45) is 4.54. The van der Waals surface area contributed by atoms with E-state index >= 15 is 0 Å². The number of hydrogen-bond acceptors (Lipinski definition) is 3. The minimum Gasteiger partial charge on any atom is -0.481 e. The second-order valence-electron chi connectivity index (χ2n) is 4.33. The number of carboxylic acid groups (broad SMARTS) is 1. The molecule has 1 aromatic heterocycles. The topological polar surface area (TPSA) is 75.4 Å². The molecule has 0 unspecified atom stereocenters. The Morgan fingerprint density at radius 3 is 2.88 bits per heavy atom. The van der Waals surface area contributed by atoms with Crippen molar-refractivity contribution in [3.63, 3.8) is 0 Å². The van der Waals surface area contributed by atoms with Crippen molar-refractivity contribution in [2.24, 2.45) is 13.0 Å². The molecule has 6 heteroatoms. The molecule has 1 N–H and O–H groups in total. The van der Waals surface area contributed by atoms with Crippen LogP contribution < -0.4 is 0 Å². The highest BCUT2D eigenvalue weighted by atomic mass is 16.4. The molecule has 1 aliphatic heterocycles. The van der Waals surface area contributed by atoms with Crippen molar-refractivity contribution in [1.29, 1.82) is 0 Å². The van der Waals surface area contributed by atoms with Crippen LogP contribution >= 0.6 is 0 Å². The maximum atomic E-state index is 12.1. The summed E-state index contributed by atoms with van der Waals surface area (Å²) in [5, 5.41) is 12.9. The summed E-state index contributed by atoms with van der Waals surface area (Å²) >= 11 is 0. The number of likely N-dealkylation sites (tertiary alicyclic amines) is 1. The summed E-state index contributed by atoms with van der Waals surface area (Å²) in [4.78, 5) is 24.6. The maximum Gasteiger partial charge on any atom is 0.308 e. The number of hydrogen-bond donors (Lipinski definition) is 1. The molecule has 0 aliphatic carbocycles. The first kappa shape index (κ1) is 11.6. The van der Waals surface area contributed by atoms with E-state index in [1.165, 1.54) is 6.20 Å². The van der Waals surface area contributed by atoms with Crippen LogP contribution in [-0.4, -0.2) is 44.8 Å². The van der Waals surface area contributed by atoms with E-state index < -0.39 is 11.9 Å². The minimum absolute atomic E-state index is 0.135. The number of rotatable bonds is 2. The largest absolute Gasteiger partial charge is 0.481 e. The highest BCUT2D eigenvalue weighted by Gasteiger charge is 2.28. The van der Waals surface area contributed by atoms with Gasteiger partial charge in [-0.3, -0.25) is 14.3 Å². The van der Waals surface area contributed by atoms with Crippen molar-refractivity contribution in [1.82, 2.24) is 14.7 Å². The van der Waals surface area contributed by atoms with Crippen LogP contribution in [0.5, 0.6) is 0 Å². The Morgan fingerprint density at radius 1 is 1.53 bits per heavy atom. The quantitative estimate of drug-likeness (QED) is 0.805. The van der Waals surface area contributed by atoms with E-state index in [0.29, 0.717) is 25.1 Å². The van der Waals surface area contributed by atoms with Crippen LogP contribution in [0, 0.1) is 5.92 Å². The Kier molecular flexibility index (Phi) is 3.12. The lowest BCUT2D eigenvalue weighted by Crippen LogP contribution is -2.42. The third kappa shape index (κ3) is 2.46. The van der Waals surface area contributed by atoms with Gasteiger partial charge >= 0.3 is 5.97 Å². The molecule has 0 bridgehead atoms. The van der Waals surface area contributed by atoms with Crippen molar-refractivity contribution in [3.05, 3.63) is 18.0 Å². The fourth-order valence-electron chi connectivity index (χ4n) is 2.08. The number of carbonyl (C=O) groups excluding carboxylic acids is 1. The molecule has 0 radical (unpaired) electrons. The second-order valence-corrected chi connectivity index (χ2v) is 4.33. The first-order valence-corrected chi connectivity index (χ1v) is 5.58. The first-order chi connectivity index (χ1) is 8.08. The number of carbonyl (C=O) groups is 2. The van der Waals surface area contributed by atoms with Crippen LogP contribution in [0.15, 0.2) is 12.4 Å². The molecule has 2 heterocycles. The lowest BCUT2D eigenvalue weighted by atomic mass is 9.98. The van der Waals surface area contributed by atoms with Gasteiger partial charge in [0, 0.05) is 26.3 Å². The molecule has 6 nitrogen and oxygen atoms in total. The van der Waals surface area contributed by atoms with Crippen molar-refractivity contribution in [2.75, 3.05) is 13.1 Å². The maximum absolute atomic E-state index is 12.1. The van der Waals surface area contributed by atoms with Crippen LogP contribution in [0.3, 0.4) is 0 Å². The molecule has 2 rings (SSSR count). The predicted molar refractivity (Wildman–Crippen MR) is 59.5 cm³/mol. The Hall–Kier alpha value is -1.85. The fraction of sp³-hybridized carbons (Fsp3) is 0.545. The smallest absolute Gasteiger partial charge is 0.308 e. The zero-order chi connectivity index (χ0) is 12.4. The van der Waals surface area contributed by atoms with Crippen LogP contribution in [0.25, 0.3) is 0 Å². The summed E-state index contributed by atoms with van der Waals surface area (Å²) < 4.78 is 1.56. The lowest BCUT2D eigenvalue weighted by Gasteiger charge is -2.30. The number of carboxylic acids is 1. The van der Waals surface area contributed by atoms with Crippen LogP contribution in [-0.2, 0) is 11.8 Å². The van der Waals surface area contributed by atoms with Gasteiger partial charge in [-0.05, 0) is 12.8 Å². The Bertz CT molecular complexity index is 441. The molecule has 0 spiro atoms. The van der Waals surface area contributed by atoms with Gasteiger partial charge in [0.2, 0.25) is 0 Å². The van der Waals surface area contributed by atoms with Gasteiger partial charge in [0.05, 0.1) is 17.7 Å². The van der Waals surface area contributed by atoms with Crippen LogP contribution in [0.2, 0.25) is 0 Å². The monoisotopic (exact) mass is 237 g/mol. The number of aliphatic carboxylic acids is 1. The van der Waals surface area contributed by atoms with E-state index in [4.69, 9.17) is 5.11 Å². The lowest BCUT2D eigenvalue weighted by molar-refractivity contribution is -0.143. The normalized spacial score (nSPS) is 20.3. The zero-order valence-corrected chi connectivity index (χ0v) is 9.67. The summed E-state index contributed by atoms with van der Waals surface area (Å²) in [5.41, 5.74) is 0.513. The van der Waals surface area contributed by atoms with E-state index in [0.717, 1.165) is 6.42 Å². The van der Waals surface area contributed by atoms with Gasteiger partial charge in [0.25, 0.3) is 5.91 Å². The van der Waals surface area contributed by atoms with Crippen LogP contribution in [0.4, 0.5) is 0 Å². The van der Waals surface area contributed by atoms with Gasteiger partial charge in [0.1, 0.15) is 0 Å². The summed E-state index contributed by atoms with van der Waals surface area (Å²) in [6, 6.07) is 0. The summed E-state index contributed by atoms with van der Waals surface area (Å²) in [6.45, 7) is 0.917. The van der Waals surface area contributed by atoms with Gasteiger partial charge in [-0.2, -0.15) is 5.10 Å². The number of amides is 1. The van der Waals surface area contributed by atoms with Gasteiger partial charge in [-0.1, -0.05) is 0 Å². The molecular formula is C11H15N3O3. The standard InChI is InChI=1S/C11H15N3O3/c1-13-6-9(5-12-13)10(15)14-4-2-3-8(7-14)11(16)17/h5-6,8H,2-4,7H2,1H3,(H,16,17)/t8-/m0/s1. The van der Waals surface area contributed by atoms with E-state index in [1.807, 2.05) is 0 Å². The molecule has 1 aromatic rings. The van der Waals surface area contributed by atoms with Crippen molar-refractivity contribution >= 4 is 11.9 Å². The van der Waals surface area contributed by atoms with Gasteiger partial charge in [-0.15, -0.1) is 0 Å². The second kappa shape index (κ2) is 4.57. The van der Waals surface area contributed by atoms with E-state index in [-0.39, 0.29) is 5.91 Å². The molecule has 1 fully saturated rings. The fourth-order valence-corrected chi connectivity index (χ4v) is 2.08. The number of nitrogens with zero attached hydrogens (tertiary/aromatic N) is 3. The predicted octanol–water partition coefficient (Wildman–Crippen LogP) is 0.357. The molecular weight excluding hydrogens is 222 g/mol. The van der Waals surface area contributed by atoms with Crippen molar-refractivity contribution < 1.29 is 14.7 Å². The number of piperidine rings is 1. The number of aromatic nitrogens is 2. The molecule has 1 saturated heterocycles. The SMILES string of the molecule is Cn1cc(C(=O)N2CCC[C@H](C(=O)O)C2)cn1. The zero-order valence-electron chi connectivity index (χ0n) is 9.67. The van der Waals surface area contributed by atoms with E-state index in [9.17, 15) is 9.59 Å². The highest BCUT2D eigenvalue weighted by Crippen LogP contribution is 2.18. The molecule has 17 heavy (non-hydrogen) atoms. The van der Waals surface area contributed by atoms with Crippen molar-refractivity contribution in [3.8, 4) is 0 Å². The van der Waals surface area contributed by atoms with Crippen LogP contribution in [0.1, 0.15) is 23.2 Å². The average Bonchev–Trinajstić information content (AvgIpc) is 2.75. The molecule has 92 valence electrons. The Labute approximate surface area is 98.8 Å². The third-order valence-electron chi connectivity index (χ3n) is 3.01. The van der Waals surface area contributed by atoms with Gasteiger partial charge in [-0.25, -0.2) is 0 Å².